The van der Waals surface area contributed by atoms with E-state index in [4.69, 9.17) is 0 Å². The Bertz CT molecular complexity index is 1080. The predicted octanol–water partition coefficient (Wildman–Crippen LogP) is 10.9. The fraction of sp³-hybridized carbons (Fsp3) is 0.471. The molecule has 3 aromatic rings. The highest BCUT2D eigenvalue weighted by atomic mass is 15.0. The van der Waals surface area contributed by atoms with Crippen molar-refractivity contribution < 1.29 is 0 Å². The smallest absolute Gasteiger partial charge is 0.0658 e. The van der Waals surface area contributed by atoms with Gasteiger partial charge >= 0.3 is 0 Å². The minimum Gasteiger partial charge on any atom is -0.353 e. The van der Waals surface area contributed by atoms with Crippen molar-refractivity contribution in [3.63, 3.8) is 0 Å². The topological polar surface area (TPSA) is 24.1 Å². The first kappa shape index (κ1) is 27.8. The zero-order chi connectivity index (χ0) is 26.9. The second kappa shape index (κ2) is 11.1. The van der Waals surface area contributed by atoms with E-state index >= 15 is 0 Å². The van der Waals surface area contributed by atoms with E-state index in [1.165, 1.54) is 67.3 Å². The van der Waals surface area contributed by atoms with Gasteiger partial charge in [0.2, 0.25) is 0 Å². The quantitative estimate of drug-likeness (QED) is 0.332. The number of nitrogens with one attached hydrogen (secondary N) is 2. The molecule has 194 valence electrons. The second-order valence-corrected chi connectivity index (χ2v) is 11.7. The van der Waals surface area contributed by atoms with Gasteiger partial charge in [0.05, 0.1) is 11.4 Å². The fourth-order valence-electron chi connectivity index (χ4n) is 5.27. The van der Waals surface area contributed by atoms with Gasteiger partial charge in [-0.1, -0.05) is 91.8 Å². The van der Waals surface area contributed by atoms with Gasteiger partial charge in [0.15, 0.2) is 0 Å². The summed E-state index contributed by atoms with van der Waals surface area (Å²) in [5.41, 5.74) is 15.7. The molecule has 0 aliphatic rings. The zero-order valence-corrected chi connectivity index (χ0v) is 24.8. The van der Waals surface area contributed by atoms with Crippen molar-refractivity contribution in [3.8, 4) is 0 Å². The number of anilines is 4. The van der Waals surface area contributed by atoms with E-state index in [-0.39, 0.29) is 0 Å². The van der Waals surface area contributed by atoms with E-state index < -0.39 is 0 Å². The summed E-state index contributed by atoms with van der Waals surface area (Å²) < 4.78 is 0. The summed E-state index contributed by atoms with van der Waals surface area (Å²) in [6.07, 6.45) is 0. The van der Waals surface area contributed by atoms with Crippen LogP contribution < -0.4 is 10.6 Å². The molecule has 0 aliphatic carbocycles. The standard InChI is InChI=1S/C34H48N2/c1-19(2)27-15-13-16-28(20(3)4)33(27)35-31-25(11)23(9)24(10)26(12)32(31)36-34-29(21(5)6)17-14-18-30(34)22(7)8/h13-22,35-36H,1-12H3. The predicted molar refractivity (Wildman–Crippen MR) is 161 cm³/mol. The second-order valence-electron chi connectivity index (χ2n) is 11.7. The molecule has 0 bridgehead atoms. The first-order valence-electron chi connectivity index (χ1n) is 13.8. The molecule has 2 N–H and O–H groups in total. The molecule has 36 heavy (non-hydrogen) atoms. The summed E-state index contributed by atoms with van der Waals surface area (Å²) in [5.74, 6) is 1.74. The molecule has 3 aromatic carbocycles. The Morgan fingerprint density at radius 2 is 0.639 bits per heavy atom. The van der Waals surface area contributed by atoms with Gasteiger partial charge in [0.25, 0.3) is 0 Å². The van der Waals surface area contributed by atoms with E-state index in [1.54, 1.807) is 0 Å². The monoisotopic (exact) mass is 484 g/mol. The Morgan fingerprint density at radius 1 is 0.389 bits per heavy atom. The molecule has 2 nitrogen and oxygen atoms in total. The Morgan fingerprint density at radius 3 is 0.861 bits per heavy atom. The van der Waals surface area contributed by atoms with Crippen molar-refractivity contribution in [1.82, 2.24) is 0 Å². The van der Waals surface area contributed by atoms with E-state index in [2.05, 4.69) is 130 Å². The molecule has 0 saturated heterocycles. The van der Waals surface area contributed by atoms with E-state index in [9.17, 15) is 0 Å². The van der Waals surface area contributed by atoms with Crippen LogP contribution >= 0.6 is 0 Å². The van der Waals surface area contributed by atoms with Crippen molar-refractivity contribution in [2.24, 2.45) is 0 Å². The van der Waals surface area contributed by atoms with Crippen LogP contribution in [-0.4, -0.2) is 0 Å². The highest BCUT2D eigenvalue weighted by Gasteiger charge is 2.22. The normalized spacial score (nSPS) is 11.8. The first-order chi connectivity index (χ1) is 16.9. The molecule has 0 aliphatic heterocycles. The summed E-state index contributed by atoms with van der Waals surface area (Å²) >= 11 is 0. The van der Waals surface area contributed by atoms with Gasteiger partial charge in [0, 0.05) is 11.4 Å². The Balaban J connectivity index is 2.32. The summed E-state index contributed by atoms with van der Waals surface area (Å²) in [6.45, 7) is 27.3. The van der Waals surface area contributed by atoms with Crippen molar-refractivity contribution >= 4 is 22.7 Å². The van der Waals surface area contributed by atoms with Gasteiger partial charge in [-0.15, -0.1) is 0 Å². The molecule has 3 rings (SSSR count). The largest absolute Gasteiger partial charge is 0.353 e. The van der Waals surface area contributed by atoms with Crippen molar-refractivity contribution in [3.05, 3.63) is 80.9 Å². The molecule has 0 unspecified atom stereocenters. The van der Waals surface area contributed by atoms with Crippen LogP contribution in [0.3, 0.4) is 0 Å². The summed E-state index contributed by atoms with van der Waals surface area (Å²) in [6, 6.07) is 13.5. The maximum absolute atomic E-state index is 4.00. The summed E-state index contributed by atoms with van der Waals surface area (Å²) in [4.78, 5) is 0. The first-order valence-corrected chi connectivity index (χ1v) is 13.8. The number of rotatable bonds is 8. The fourth-order valence-corrected chi connectivity index (χ4v) is 5.27. The molecular formula is C34H48N2. The van der Waals surface area contributed by atoms with Crippen LogP contribution in [0.15, 0.2) is 36.4 Å². The minimum absolute atomic E-state index is 0.435. The molecule has 0 radical (unpaired) electrons. The molecule has 0 amide bonds. The van der Waals surface area contributed by atoms with Crippen LogP contribution in [0.5, 0.6) is 0 Å². The van der Waals surface area contributed by atoms with Gasteiger partial charge < -0.3 is 10.6 Å². The average molecular weight is 485 g/mol. The highest BCUT2D eigenvalue weighted by Crippen LogP contribution is 2.44. The van der Waals surface area contributed by atoms with Crippen molar-refractivity contribution in [2.45, 2.75) is 107 Å². The zero-order valence-electron chi connectivity index (χ0n) is 24.8. The molecule has 0 heterocycles. The Kier molecular flexibility index (Phi) is 8.59. The third kappa shape index (κ3) is 5.33. The van der Waals surface area contributed by atoms with Gasteiger partial charge in [0.1, 0.15) is 0 Å². The SMILES string of the molecule is Cc1c(C)c(C)c(Nc2c(C(C)C)cccc2C(C)C)c(Nc2c(C(C)C)cccc2C(C)C)c1C. The molecule has 0 spiro atoms. The number of hydrogen-bond acceptors (Lipinski definition) is 2. The number of para-hydroxylation sites is 2. The average Bonchev–Trinajstić information content (AvgIpc) is 2.82. The minimum atomic E-state index is 0.435. The number of hydrogen-bond donors (Lipinski definition) is 2. The van der Waals surface area contributed by atoms with Crippen LogP contribution in [0.4, 0.5) is 22.7 Å². The van der Waals surface area contributed by atoms with E-state index in [1.807, 2.05) is 0 Å². The van der Waals surface area contributed by atoms with E-state index in [0.717, 1.165) is 0 Å². The van der Waals surface area contributed by atoms with E-state index in [0.29, 0.717) is 23.7 Å². The molecule has 0 saturated carbocycles. The van der Waals surface area contributed by atoms with Crippen LogP contribution in [0.25, 0.3) is 0 Å². The van der Waals surface area contributed by atoms with Crippen LogP contribution in [0, 0.1) is 27.7 Å². The summed E-state index contributed by atoms with van der Waals surface area (Å²) in [7, 11) is 0. The maximum atomic E-state index is 4.00. The lowest BCUT2D eigenvalue weighted by Crippen LogP contribution is -2.11. The Labute approximate surface area is 220 Å². The van der Waals surface area contributed by atoms with Gasteiger partial charge in [-0.2, -0.15) is 0 Å². The van der Waals surface area contributed by atoms with Crippen LogP contribution in [0.2, 0.25) is 0 Å². The summed E-state index contributed by atoms with van der Waals surface area (Å²) in [5, 5.41) is 8.01. The Hall–Kier alpha value is -2.74. The van der Waals surface area contributed by atoms with Gasteiger partial charge in [-0.25, -0.2) is 0 Å². The van der Waals surface area contributed by atoms with Crippen molar-refractivity contribution in [1.29, 1.82) is 0 Å². The lowest BCUT2D eigenvalue weighted by Gasteiger charge is -2.28. The molecule has 0 aromatic heterocycles. The third-order valence-corrected chi connectivity index (χ3v) is 7.93. The molecule has 0 atom stereocenters. The highest BCUT2D eigenvalue weighted by molar-refractivity contribution is 5.88. The lowest BCUT2D eigenvalue weighted by molar-refractivity contribution is 0.837. The maximum Gasteiger partial charge on any atom is 0.0658 e. The van der Waals surface area contributed by atoms with Crippen LogP contribution in [-0.2, 0) is 0 Å². The van der Waals surface area contributed by atoms with Gasteiger partial charge in [-0.3, -0.25) is 0 Å². The van der Waals surface area contributed by atoms with Crippen LogP contribution in [0.1, 0.15) is 124 Å². The van der Waals surface area contributed by atoms with Crippen molar-refractivity contribution in [2.75, 3.05) is 10.6 Å². The molecule has 0 fully saturated rings. The lowest BCUT2D eigenvalue weighted by atomic mass is 9.90. The number of benzene rings is 3. The van der Waals surface area contributed by atoms with Gasteiger partial charge in [-0.05, 0) is 95.9 Å². The third-order valence-electron chi connectivity index (χ3n) is 7.93. The molecule has 2 heteroatoms. The molecular weight excluding hydrogens is 436 g/mol.